The van der Waals surface area contributed by atoms with Crippen molar-refractivity contribution in [3.05, 3.63) is 0 Å². The Morgan fingerprint density at radius 3 is 2.09 bits per heavy atom. The van der Waals surface area contributed by atoms with Crippen LogP contribution in [0.15, 0.2) is 0 Å². The number of carbonyl (C=O) groups is 3. The quantitative estimate of drug-likeness (QED) is 0.765. The molecule has 4 saturated carbocycles. The summed E-state index contributed by atoms with van der Waals surface area (Å²) in [5, 5.41) is 2.46. The van der Waals surface area contributed by atoms with Gasteiger partial charge in [0.05, 0.1) is 12.0 Å². The number of esters is 1. The highest BCUT2D eigenvalue weighted by Crippen LogP contribution is 2.60. The van der Waals surface area contributed by atoms with E-state index < -0.39 is 0 Å². The number of rotatable bonds is 5. The van der Waals surface area contributed by atoms with Crippen molar-refractivity contribution in [3.63, 3.8) is 0 Å². The highest BCUT2D eigenvalue weighted by atomic mass is 16.5. The van der Waals surface area contributed by atoms with E-state index in [1.54, 1.807) is 0 Å². The van der Waals surface area contributed by atoms with E-state index in [1.165, 1.54) is 38.3 Å². The second kappa shape index (κ2) is 6.13. The first-order valence-electron chi connectivity index (χ1n) is 8.53. The van der Waals surface area contributed by atoms with Crippen molar-refractivity contribution in [2.24, 2.45) is 23.2 Å². The fraction of sp³-hybridized carbons (Fsp3) is 0.824. The Morgan fingerprint density at radius 1 is 1.09 bits per heavy atom. The van der Waals surface area contributed by atoms with Crippen molar-refractivity contribution in [2.45, 2.75) is 38.5 Å². The first-order chi connectivity index (χ1) is 10.9. The molecule has 4 fully saturated rings. The lowest BCUT2D eigenvalue weighted by atomic mass is 9.49. The number of amides is 2. The lowest BCUT2D eigenvalue weighted by molar-refractivity contribution is -0.174. The zero-order valence-corrected chi connectivity index (χ0v) is 14.0. The third kappa shape index (κ3) is 3.21. The summed E-state index contributed by atoms with van der Waals surface area (Å²) in [6.07, 6.45) is 6.58. The molecule has 0 aromatic heterocycles. The van der Waals surface area contributed by atoms with E-state index in [4.69, 9.17) is 4.74 Å². The molecule has 0 unspecified atom stereocenters. The van der Waals surface area contributed by atoms with Crippen LogP contribution in [0.3, 0.4) is 0 Å². The van der Waals surface area contributed by atoms with E-state index in [0.717, 1.165) is 19.3 Å². The molecule has 23 heavy (non-hydrogen) atoms. The lowest BCUT2D eigenvalue weighted by Crippen LogP contribution is -2.51. The van der Waals surface area contributed by atoms with Gasteiger partial charge < -0.3 is 15.0 Å². The van der Waals surface area contributed by atoms with E-state index in [9.17, 15) is 14.4 Å². The van der Waals surface area contributed by atoms with Crippen LogP contribution in [0.1, 0.15) is 38.5 Å². The minimum Gasteiger partial charge on any atom is -0.455 e. The van der Waals surface area contributed by atoms with Gasteiger partial charge in [-0.3, -0.25) is 14.4 Å². The zero-order chi connectivity index (χ0) is 16.6. The van der Waals surface area contributed by atoms with Crippen molar-refractivity contribution in [1.82, 2.24) is 10.2 Å². The van der Waals surface area contributed by atoms with Gasteiger partial charge in [-0.25, -0.2) is 0 Å². The van der Waals surface area contributed by atoms with Gasteiger partial charge in [-0.1, -0.05) is 0 Å². The summed E-state index contributed by atoms with van der Waals surface area (Å²) in [6.45, 7) is -0.293. The van der Waals surface area contributed by atoms with Gasteiger partial charge in [0.1, 0.15) is 0 Å². The van der Waals surface area contributed by atoms with E-state index in [2.05, 4.69) is 5.32 Å². The first-order valence-corrected chi connectivity index (χ1v) is 8.53. The normalized spacial score (nSPS) is 34.1. The van der Waals surface area contributed by atoms with Gasteiger partial charge in [0.25, 0.3) is 5.91 Å². The fourth-order valence-electron chi connectivity index (χ4n) is 5.13. The van der Waals surface area contributed by atoms with Gasteiger partial charge in [-0.15, -0.1) is 0 Å². The second-order valence-corrected chi connectivity index (χ2v) is 7.70. The van der Waals surface area contributed by atoms with Crippen molar-refractivity contribution < 1.29 is 19.1 Å². The van der Waals surface area contributed by atoms with Gasteiger partial charge in [0.2, 0.25) is 5.91 Å². The molecule has 0 atom stereocenters. The van der Waals surface area contributed by atoms with Gasteiger partial charge >= 0.3 is 5.97 Å². The number of hydrogen-bond donors (Lipinski definition) is 1. The predicted molar refractivity (Wildman–Crippen MR) is 83.3 cm³/mol. The summed E-state index contributed by atoms with van der Waals surface area (Å²) in [5.41, 5.74) is -0.339. The summed E-state index contributed by atoms with van der Waals surface area (Å²) in [7, 11) is 3.06. The SMILES string of the molecule is CNC(=O)CN(C)C(=O)COC(=O)C12CC3CC(CC(C3)C1)C2. The maximum atomic E-state index is 12.6. The molecule has 6 heteroatoms. The molecule has 4 bridgehead atoms. The Bertz CT molecular complexity index is 481. The fourth-order valence-corrected chi connectivity index (χ4v) is 5.13. The Morgan fingerprint density at radius 2 is 1.61 bits per heavy atom. The summed E-state index contributed by atoms with van der Waals surface area (Å²) < 4.78 is 5.36. The minimum atomic E-state index is -0.341. The average Bonchev–Trinajstić information content (AvgIpc) is 2.50. The summed E-state index contributed by atoms with van der Waals surface area (Å²) >= 11 is 0. The molecule has 4 aliphatic rings. The molecule has 1 N–H and O–H groups in total. The van der Waals surface area contributed by atoms with Crippen LogP contribution in [0.25, 0.3) is 0 Å². The Balaban J connectivity index is 1.53. The minimum absolute atomic E-state index is 0.0236. The highest BCUT2D eigenvalue weighted by molar-refractivity contribution is 5.86. The molecule has 0 saturated heterocycles. The van der Waals surface area contributed by atoms with Crippen LogP contribution in [0, 0.1) is 23.2 Å². The molecular formula is C17H26N2O4. The Kier molecular flexibility index (Phi) is 4.34. The van der Waals surface area contributed by atoms with Crippen LogP contribution in [0.2, 0.25) is 0 Å². The molecule has 6 nitrogen and oxygen atoms in total. The molecule has 0 aliphatic heterocycles. The lowest BCUT2D eigenvalue weighted by Gasteiger charge is -2.55. The maximum Gasteiger partial charge on any atom is 0.312 e. The van der Waals surface area contributed by atoms with Crippen LogP contribution in [-0.4, -0.2) is 49.9 Å². The summed E-state index contributed by atoms with van der Waals surface area (Å²) in [6, 6.07) is 0. The molecular weight excluding hydrogens is 296 g/mol. The van der Waals surface area contributed by atoms with Crippen molar-refractivity contribution in [1.29, 1.82) is 0 Å². The average molecular weight is 322 g/mol. The van der Waals surface area contributed by atoms with E-state index in [1.807, 2.05) is 0 Å². The van der Waals surface area contributed by atoms with Gasteiger partial charge in [0, 0.05) is 14.1 Å². The molecule has 0 spiro atoms. The van der Waals surface area contributed by atoms with Crippen molar-refractivity contribution >= 4 is 17.8 Å². The Labute approximate surface area is 136 Å². The molecule has 4 aliphatic carbocycles. The number of nitrogens with one attached hydrogen (secondary N) is 1. The molecule has 4 rings (SSSR count). The molecule has 0 heterocycles. The smallest absolute Gasteiger partial charge is 0.312 e. The van der Waals surface area contributed by atoms with Gasteiger partial charge in [0.15, 0.2) is 6.61 Å². The van der Waals surface area contributed by atoms with Gasteiger partial charge in [-0.2, -0.15) is 0 Å². The van der Waals surface area contributed by atoms with Crippen LogP contribution in [0.4, 0.5) is 0 Å². The van der Waals surface area contributed by atoms with E-state index in [-0.39, 0.29) is 36.4 Å². The summed E-state index contributed by atoms with van der Waals surface area (Å²) in [4.78, 5) is 37.2. The predicted octanol–water partition coefficient (Wildman–Crippen LogP) is 0.950. The number of ether oxygens (including phenoxy) is 1. The van der Waals surface area contributed by atoms with Crippen molar-refractivity contribution in [2.75, 3.05) is 27.2 Å². The van der Waals surface area contributed by atoms with Crippen LogP contribution in [-0.2, 0) is 19.1 Å². The Hall–Kier alpha value is -1.59. The third-order valence-electron chi connectivity index (χ3n) is 5.88. The molecule has 0 aromatic carbocycles. The molecule has 128 valence electrons. The number of carbonyl (C=O) groups excluding carboxylic acids is 3. The molecule has 0 aromatic rings. The number of nitrogens with zero attached hydrogens (tertiary/aromatic N) is 1. The van der Waals surface area contributed by atoms with Crippen molar-refractivity contribution in [3.8, 4) is 0 Å². The van der Waals surface area contributed by atoms with Crippen LogP contribution < -0.4 is 5.32 Å². The van der Waals surface area contributed by atoms with Gasteiger partial charge in [-0.05, 0) is 56.3 Å². The topological polar surface area (TPSA) is 75.7 Å². The van der Waals surface area contributed by atoms with E-state index >= 15 is 0 Å². The largest absolute Gasteiger partial charge is 0.455 e. The third-order valence-corrected chi connectivity index (χ3v) is 5.88. The first kappa shape index (κ1) is 16.3. The number of hydrogen-bond acceptors (Lipinski definition) is 4. The standard InChI is InChI=1S/C17H26N2O4/c1-18-14(20)9-19(2)15(21)10-23-16(22)17-6-11-3-12(7-17)5-13(4-11)8-17/h11-13H,3-10H2,1-2H3,(H,18,20). The number of likely N-dealkylation sites (N-methyl/N-ethyl adjacent to an activating group) is 2. The second-order valence-electron chi connectivity index (χ2n) is 7.70. The van der Waals surface area contributed by atoms with Crippen LogP contribution >= 0.6 is 0 Å². The summed E-state index contributed by atoms with van der Waals surface area (Å²) in [5.74, 6) is 1.22. The zero-order valence-electron chi connectivity index (χ0n) is 14.0. The molecule has 0 radical (unpaired) electrons. The monoisotopic (exact) mass is 322 g/mol. The van der Waals surface area contributed by atoms with Crippen LogP contribution in [0.5, 0.6) is 0 Å². The maximum absolute atomic E-state index is 12.6. The molecule has 2 amide bonds. The van der Waals surface area contributed by atoms with E-state index in [0.29, 0.717) is 17.8 Å². The highest BCUT2D eigenvalue weighted by Gasteiger charge is 2.55.